The standard InChI is InChI=1S/C58H93N4O28P/c1-27(2)15-14-17-28(3)18-19-30(5)20-23-57(9,10)22-13-12-16-29(4)21-24-80-35(50(72)73)26-81-91(78,79)90-55-46(47(89-56(60)76)58(11,77)48(88-55)49(59)71)87-53-37(62-33(8)65)39(67)44(34(25-63)83-53)85-52-36(61-32(7)64)38(66)43(31(6)82-52)84-54-42(70)40(68)41(69)45(86-54)51(74)75/h12-13,15,18,21,31,34-48,52-55,63,66-70,77H,5,14,16-17,19-20,22-26H2,1-4,6-11H3,(H2,59,71)(H2,60,76)(H,61,64)(H,62,65)(H,72,73)(H,74,75)(H,78,79). The van der Waals surface area contributed by atoms with E-state index in [0.717, 1.165) is 70.4 Å². The van der Waals surface area contributed by atoms with Gasteiger partial charge in [0.05, 0.1) is 25.9 Å². The van der Waals surface area contributed by atoms with E-state index in [9.17, 15) is 84.2 Å². The maximum Gasteiger partial charge on any atom is 0.474 e. The number of ether oxygens (including phenoxy) is 9. The highest BCUT2D eigenvalue weighted by atomic mass is 31.2. The molecule has 22 atom stereocenters. The molecule has 0 aliphatic carbocycles. The van der Waals surface area contributed by atoms with Gasteiger partial charge in [0.15, 0.2) is 55.7 Å². The first-order valence-electron chi connectivity index (χ1n) is 29.4. The predicted molar refractivity (Wildman–Crippen MR) is 315 cm³/mol. The van der Waals surface area contributed by atoms with Crippen molar-refractivity contribution in [3.05, 3.63) is 59.3 Å². The third kappa shape index (κ3) is 23.1. The SMILES string of the molecule is C=C(CC=C(C)CCC=C(C)C)CCC(C)(C)CC=CCC(C)=CCOC(COP(=O)(O)OC1OC(C(N)=O)C(C)(O)C(OC(N)=O)C1OC1OC(CO)C(OC2OC(C)C(OC3OC(C(=O)O)C(O)C(O)C3O)C(O)C2NC(C)=O)C(O)C1NC(C)=O)C(=O)O. The van der Waals surface area contributed by atoms with Gasteiger partial charge in [-0.05, 0) is 91.9 Å². The van der Waals surface area contributed by atoms with Gasteiger partial charge >= 0.3 is 25.9 Å². The van der Waals surface area contributed by atoms with Gasteiger partial charge in [0.1, 0.15) is 66.5 Å². The van der Waals surface area contributed by atoms with E-state index < -0.39 is 185 Å². The molecule has 0 saturated carbocycles. The van der Waals surface area contributed by atoms with E-state index >= 15 is 0 Å². The Morgan fingerprint density at radius 3 is 1.89 bits per heavy atom. The lowest BCUT2D eigenvalue weighted by atomic mass is 9.82. The summed E-state index contributed by atoms with van der Waals surface area (Å²) >= 11 is 0. The van der Waals surface area contributed by atoms with Crippen LogP contribution in [0.1, 0.15) is 114 Å². The molecule has 32 nitrogen and oxygen atoms in total. The van der Waals surface area contributed by atoms with Crippen molar-refractivity contribution in [2.75, 3.05) is 19.8 Å². The first-order valence-corrected chi connectivity index (χ1v) is 30.9. The van der Waals surface area contributed by atoms with Crippen LogP contribution in [0.3, 0.4) is 0 Å². The molecular formula is C58H93N4O28P. The van der Waals surface area contributed by atoms with Crippen molar-refractivity contribution in [3.63, 3.8) is 0 Å². The molecule has 4 amide bonds. The van der Waals surface area contributed by atoms with Crippen LogP contribution in [0.5, 0.6) is 0 Å². The number of rotatable bonds is 33. The Morgan fingerprint density at radius 1 is 0.736 bits per heavy atom. The highest BCUT2D eigenvalue weighted by molar-refractivity contribution is 7.47. The van der Waals surface area contributed by atoms with Crippen LogP contribution in [-0.2, 0) is 80.2 Å². The summed E-state index contributed by atoms with van der Waals surface area (Å²) in [7, 11) is -5.71. The quantitative estimate of drug-likeness (QED) is 0.0303. The summed E-state index contributed by atoms with van der Waals surface area (Å²) in [6.45, 7) is 18.2. The molecule has 91 heavy (non-hydrogen) atoms. The number of primary amides is 2. The lowest BCUT2D eigenvalue weighted by Gasteiger charge is -2.51. The first kappa shape index (κ1) is 78.3. The number of nitrogens with two attached hydrogens (primary N) is 2. The second-order valence-electron chi connectivity index (χ2n) is 24.2. The Hall–Kier alpha value is -5.17. The largest absolute Gasteiger partial charge is 0.479 e. The number of aliphatic hydroxyl groups excluding tert-OH is 6. The minimum atomic E-state index is -5.71. The van der Waals surface area contributed by atoms with Gasteiger partial charge in [-0.15, -0.1) is 0 Å². The Bertz CT molecular complexity index is 2670. The van der Waals surface area contributed by atoms with Crippen molar-refractivity contribution in [2.24, 2.45) is 16.9 Å². The third-order valence-electron chi connectivity index (χ3n) is 15.4. The lowest BCUT2D eigenvalue weighted by Crippen LogP contribution is -2.72. The number of phosphoric acid groups is 1. The number of carbonyl (C=O) groups is 6. The molecule has 0 bridgehead atoms. The molecule has 0 spiro atoms. The van der Waals surface area contributed by atoms with Crippen molar-refractivity contribution in [2.45, 2.75) is 242 Å². The van der Waals surface area contributed by atoms with Crippen LogP contribution >= 0.6 is 7.82 Å². The normalized spacial score (nSPS) is 34.3. The number of hydrogen-bond donors (Lipinski definition) is 14. The maximum atomic E-state index is 13.8. The van der Waals surface area contributed by atoms with Crippen LogP contribution in [0.25, 0.3) is 0 Å². The maximum absolute atomic E-state index is 13.8. The van der Waals surface area contributed by atoms with Crippen LogP contribution in [-0.4, -0.2) is 235 Å². The Kier molecular flexibility index (Phi) is 30.0. The van der Waals surface area contributed by atoms with Crippen LogP contribution in [0.4, 0.5) is 4.79 Å². The van der Waals surface area contributed by atoms with E-state index in [1.807, 2.05) is 6.08 Å². The van der Waals surface area contributed by atoms with Gasteiger partial charge in [0.25, 0.3) is 0 Å². The summed E-state index contributed by atoms with van der Waals surface area (Å²) in [5, 5.41) is 102. The van der Waals surface area contributed by atoms with Crippen molar-refractivity contribution in [3.8, 4) is 0 Å². The third-order valence-corrected chi connectivity index (χ3v) is 16.4. The van der Waals surface area contributed by atoms with Gasteiger partial charge in [0, 0.05) is 13.8 Å². The summed E-state index contributed by atoms with van der Waals surface area (Å²) in [5.41, 5.74) is 12.7. The molecule has 4 aliphatic rings. The summed E-state index contributed by atoms with van der Waals surface area (Å²) in [5.74, 6) is -6.65. The summed E-state index contributed by atoms with van der Waals surface area (Å²) in [4.78, 5) is 86.0. The number of allylic oxidation sites excluding steroid dienone is 8. The summed E-state index contributed by atoms with van der Waals surface area (Å²) in [6.07, 6.45) is -22.6. The minimum Gasteiger partial charge on any atom is -0.479 e. The predicted octanol–water partition coefficient (Wildman–Crippen LogP) is -0.0160. The van der Waals surface area contributed by atoms with Crippen molar-refractivity contribution >= 4 is 43.6 Å². The lowest BCUT2D eigenvalue weighted by molar-refractivity contribution is -0.370. The Labute approximate surface area is 527 Å². The molecule has 16 N–H and O–H groups in total. The number of aliphatic carboxylic acids is 2. The Morgan fingerprint density at radius 2 is 1.33 bits per heavy atom. The van der Waals surface area contributed by atoms with Crippen molar-refractivity contribution in [1.82, 2.24) is 10.6 Å². The van der Waals surface area contributed by atoms with Crippen LogP contribution in [0.2, 0.25) is 0 Å². The molecule has 518 valence electrons. The zero-order chi connectivity index (χ0) is 68.6. The smallest absolute Gasteiger partial charge is 0.474 e. The van der Waals surface area contributed by atoms with Gasteiger partial charge in [0.2, 0.25) is 17.7 Å². The molecule has 4 rings (SSSR count). The van der Waals surface area contributed by atoms with Gasteiger partial charge < -0.3 is 116 Å². The molecule has 0 aromatic rings. The average Bonchev–Trinajstić information content (AvgIpc) is 0.764. The number of hydrogen-bond acceptors (Lipinski definition) is 25. The molecule has 4 saturated heterocycles. The highest BCUT2D eigenvalue weighted by Crippen LogP contribution is 2.49. The van der Waals surface area contributed by atoms with Crippen molar-refractivity contribution in [1.29, 1.82) is 0 Å². The number of amides is 4. The Balaban J connectivity index is 1.51. The molecule has 4 aliphatic heterocycles. The number of nitrogens with one attached hydrogen (secondary N) is 2. The number of carboxylic acid groups (broad SMARTS) is 2. The second-order valence-corrected chi connectivity index (χ2v) is 25.6. The van der Waals surface area contributed by atoms with E-state index in [-0.39, 0.29) is 12.0 Å². The number of carbonyl (C=O) groups excluding carboxylic acids is 4. The van der Waals surface area contributed by atoms with E-state index in [1.54, 1.807) is 13.0 Å². The fourth-order valence-corrected chi connectivity index (χ4v) is 11.1. The van der Waals surface area contributed by atoms with Crippen molar-refractivity contribution < 1.29 is 136 Å². The molecule has 33 heteroatoms. The highest BCUT2D eigenvalue weighted by Gasteiger charge is 2.62. The number of phosphoric ester groups is 1. The zero-order valence-electron chi connectivity index (χ0n) is 52.6. The number of aliphatic hydroxyl groups is 7. The topological polar surface area (TPSA) is 499 Å². The van der Waals surface area contributed by atoms with Crippen LogP contribution < -0.4 is 22.1 Å². The van der Waals surface area contributed by atoms with Crippen LogP contribution in [0.15, 0.2) is 59.3 Å². The van der Waals surface area contributed by atoms with E-state index in [1.165, 1.54) is 18.1 Å². The van der Waals surface area contributed by atoms with E-state index in [0.29, 0.717) is 6.42 Å². The van der Waals surface area contributed by atoms with E-state index in [2.05, 4.69) is 70.1 Å². The number of carboxylic acids is 2. The van der Waals surface area contributed by atoms with Gasteiger partial charge in [-0.25, -0.2) is 18.9 Å². The molecule has 4 fully saturated rings. The summed E-state index contributed by atoms with van der Waals surface area (Å²) in [6, 6.07) is -3.66. The average molecular weight is 1330 g/mol. The van der Waals surface area contributed by atoms with Gasteiger partial charge in [-0.1, -0.05) is 73.1 Å². The molecule has 0 radical (unpaired) electrons. The monoisotopic (exact) mass is 1320 g/mol. The molecule has 4 heterocycles. The minimum absolute atomic E-state index is 0.0186. The fraction of sp³-hybridized carbons (Fsp3) is 0.724. The first-order chi connectivity index (χ1) is 42.3. The molecule has 0 aromatic carbocycles. The van der Waals surface area contributed by atoms with E-state index in [4.69, 9.17) is 63.1 Å². The van der Waals surface area contributed by atoms with Crippen LogP contribution in [0, 0.1) is 5.41 Å². The fourth-order valence-electron chi connectivity index (χ4n) is 10.2. The van der Waals surface area contributed by atoms with Gasteiger partial charge in [-0.3, -0.25) is 23.4 Å². The summed E-state index contributed by atoms with van der Waals surface area (Å²) < 4.78 is 75.3. The molecule has 22 unspecified atom stereocenters. The van der Waals surface area contributed by atoms with Gasteiger partial charge in [-0.2, -0.15) is 0 Å². The molecule has 0 aromatic heterocycles. The molecular weight excluding hydrogens is 1230 g/mol. The second kappa shape index (κ2) is 34.8. The zero-order valence-corrected chi connectivity index (χ0v) is 53.5.